The normalized spacial score (nSPS) is 25.2. The molecule has 0 fully saturated rings. The van der Waals surface area contributed by atoms with Gasteiger partial charge in [-0.3, -0.25) is 4.79 Å². The van der Waals surface area contributed by atoms with Crippen LogP contribution in [0.1, 0.15) is 24.0 Å². The maximum absolute atomic E-state index is 12.0. The third-order valence-electron chi connectivity index (χ3n) is 3.82. The summed E-state index contributed by atoms with van der Waals surface area (Å²) in [4.78, 5) is 12.0. The number of amides is 1. The van der Waals surface area contributed by atoms with E-state index in [9.17, 15) is 4.79 Å². The SMILES string of the molecule is NC1C=CC(C(=O)Nc2ccc3c(c2)CCC3)C1. The Labute approximate surface area is 107 Å². The smallest absolute Gasteiger partial charge is 0.231 e. The molecule has 18 heavy (non-hydrogen) atoms. The Kier molecular flexibility index (Phi) is 2.92. The summed E-state index contributed by atoms with van der Waals surface area (Å²) in [6, 6.07) is 6.27. The van der Waals surface area contributed by atoms with E-state index in [1.165, 1.54) is 24.0 Å². The third-order valence-corrected chi connectivity index (χ3v) is 3.82. The Hall–Kier alpha value is -1.61. The lowest BCUT2D eigenvalue weighted by Crippen LogP contribution is -2.24. The molecule has 0 heterocycles. The lowest BCUT2D eigenvalue weighted by atomic mass is 10.1. The monoisotopic (exact) mass is 242 g/mol. The van der Waals surface area contributed by atoms with Gasteiger partial charge in [0, 0.05) is 11.7 Å². The van der Waals surface area contributed by atoms with Crippen LogP contribution in [0.3, 0.4) is 0 Å². The molecule has 0 saturated heterocycles. The average molecular weight is 242 g/mol. The topological polar surface area (TPSA) is 55.1 Å². The summed E-state index contributed by atoms with van der Waals surface area (Å²) < 4.78 is 0. The number of carbonyl (C=O) groups is 1. The van der Waals surface area contributed by atoms with Gasteiger partial charge in [-0.25, -0.2) is 0 Å². The first-order chi connectivity index (χ1) is 8.72. The van der Waals surface area contributed by atoms with Crippen LogP contribution in [0.5, 0.6) is 0 Å². The van der Waals surface area contributed by atoms with Crippen molar-refractivity contribution in [3.8, 4) is 0 Å². The first-order valence-corrected chi connectivity index (χ1v) is 6.59. The summed E-state index contributed by atoms with van der Waals surface area (Å²) in [5, 5.41) is 2.99. The number of anilines is 1. The summed E-state index contributed by atoms with van der Waals surface area (Å²) in [6.07, 6.45) is 8.07. The van der Waals surface area contributed by atoms with E-state index in [2.05, 4.69) is 17.4 Å². The van der Waals surface area contributed by atoms with Gasteiger partial charge in [0.15, 0.2) is 0 Å². The van der Waals surface area contributed by atoms with Crippen molar-refractivity contribution in [2.75, 3.05) is 5.32 Å². The summed E-state index contributed by atoms with van der Waals surface area (Å²) in [5.74, 6) is -0.0228. The average Bonchev–Trinajstić information content (AvgIpc) is 2.96. The van der Waals surface area contributed by atoms with Gasteiger partial charge in [-0.15, -0.1) is 0 Å². The highest BCUT2D eigenvalue weighted by Crippen LogP contribution is 2.26. The van der Waals surface area contributed by atoms with E-state index < -0.39 is 0 Å². The van der Waals surface area contributed by atoms with Gasteiger partial charge in [0.1, 0.15) is 0 Å². The fourth-order valence-electron chi connectivity index (χ4n) is 2.81. The van der Waals surface area contributed by atoms with Gasteiger partial charge in [-0.1, -0.05) is 18.2 Å². The van der Waals surface area contributed by atoms with Crippen LogP contribution in [0.4, 0.5) is 5.69 Å². The number of carbonyl (C=O) groups excluding carboxylic acids is 1. The third kappa shape index (κ3) is 2.18. The highest BCUT2D eigenvalue weighted by Gasteiger charge is 2.23. The van der Waals surface area contributed by atoms with Crippen molar-refractivity contribution in [3.05, 3.63) is 41.5 Å². The Morgan fingerprint density at radius 2 is 2.06 bits per heavy atom. The first-order valence-electron chi connectivity index (χ1n) is 6.59. The van der Waals surface area contributed by atoms with Crippen molar-refractivity contribution in [3.63, 3.8) is 0 Å². The van der Waals surface area contributed by atoms with Gasteiger partial charge in [0.05, 0.1) is 5.92 Å². The standard InChI is InChI=1S/C15H18N2O/c16-13-6-4-12(8-13)15(18)17-14-7-5-10-2-1-3-11(10)9-14/h4-7,9,12-13H,1-3,8,16H2,(H,17,18). The van der Waals surface area contributed by atoms with Gasteiger partial charge in [-0.2, -0.15) is 0 Å². The number of aryl methyl sites for hydroxylation is 2. The molecule has 2 aliphatic carbocycles. The van der Waals surface area contributed by atoms with Gasteiger partial charge in [0.25, 0.3) is 0 Å². The lowest BCUT2D eigenvalue weighted by Gasteiger charge is -2.11. The lowest BCUT2D eigenvalue weighted by molar-refractivity contribution is -0.118. The van der Waals surface area contributed by atoms with E-state index in [-0.39, 0.29) is 17.9 Å². The molecule has 0 radical (unpaired) electrons. The molecule has 3 heteroatoms. The predicted octanol–water partition coefficient (Wildman–Crippen LogP) is 2.02. The van der Waals surface area contributed by atoms with Crippen LogP contribution >= 0.6 is 0 Å². The van der Waals surface area contributed by atoms with Gasteiger partial charge in [-0.05, 0) is 48.9 Å². The minimum Gasteiger partial charge on any atom is -0.326 e. The van der Waals surface area contributed by atoms with E-state index in [4.69, 9.17) is 5.73 Å². The molecule has 2 aliphatic rings. The zero-order valence-corrected chi connectivity index (χ0v) is 10.4. The fraction of sp³-hybridized carbons (Fsp3) is 0.400. The van der Waals surface area contributed by atoms with Crippen LogP contribution in [0, 0.1) is 5.92 Å². The van der Waals surface area contributed by atoms with Gasteiger partial charge in [0.2, 0.25) is 5.91 Å². The molecular formula is C15H18N2O. The Balaban J connectivity index is 1.69. The first kappa shape index (κ1) is 11.5. The second kappa shape index (κ2) is 4.58. The highest BCUT2D eigenvalue weighted by atomic mass is 16.1. The Bertz CT molecular complexity index is 507. The molecule has 1 amide bonds. The highest BCUT2D eigenvalue weighted by molar-refractivity contribution is 5.94. The molecule has 3 nitrogen and oxygen atoms in total. The molecule has 2 unspecified atom stereocenters. The molecule has 94 valence electrons. The van der Waals surface area contributed by atoms with E-state index in [0.717, 1.165) is 18.5 Å². The number of nitrogens with one attached hydrogen (secondary N) is 1. The number of fused-ring (bicyclic) bond motifs is 1. The van der Waals surface area contributed by atoms with Crippen LogP contribution in [0.2, 0.25) is 0 Å². The zero-order valence-electron chi connectivity index (χ0n) is 10.4. The van der Waals surface area contributed by atoms with Crippen LogP contribution in [-0.4, -0.2) is 11.9 Å². The fourth-order valence-corrected chi connectivity index (χ4v) is 2.81. The van der Waals surface area contributed by atoms with Crippen molar-refractivity contribution < 1.29 is 4.79 Å². The maximum Gasteiger partial charge on any atom is 0.231 e. The predicted molar refractivity (Wildman–Crippen MR) is 72.3 cm³/mol. The molecule has 0 spiro atoms. The van der Waals surface area contributed by atoms with Crippen molar-refractivity contribution in [1.29, 1.82) is 0 Å². The number of hydrogen-bond acceptors (Lipinski definition) is 2. The quantitative estimate of drug-likeness (QED) is 0.779. The Morgan fingerprint density at radius 3 is 2.83 bits per heavy atom. The van der Waals surface area contributed by atoms with Crippen molar-refractivity contribution >= 4 is 11.6 Å². The van der Waals surface area contributed by atoms with E-state index in [0.29, 0.717) is 0 Å². The van der Waals surface area contributed by atoms with E-state index in [1.54, 1.807) is 0 Å². The van der Waals surface area contributed by atoms with Crippen molar-refractivity contribution in [2.24, 2.45) is 11.7 Å². The molecule has 3 N–H and O–H groups in total. The second-order valence-electron chi connectivity index (χ2n) is 5.22. The van der Waals surface area contributed by atoms with Crippen LogP contribution < -0.4 is 11.1 Å². The molecule has 0 aromatic heterocycles. The number of hydrogen-bond donors (Lipinski definition) is 2. The van der Waals surface area contributed by atoms with Crippen LogP contribution in [0.15, 0.2) is 30.4 Å². The Morgan fingerprint density at radius 1 is 1.22 bits per heavy atom. The minimum atomic E-state index is -0.0757. The number of benzene rings is 1. The molecular weight excluding hydrogens is 224 g/mol. The van der Waals surface area contributed by atoms with Crippen molar-refractivity contribution in [2.45, 2.75) is 31.7 Å². The minimum absolute atomic E-state index is 0.0285. The number of rotatable bonds is 2. The summed E-state index contributed by atoms with van der Waals surface area (Å²) in [6.45, 7) is 0. The maximum atomic E-state index is 12.0. The largest absolute Gasteiger partial charge is 0.326 e. The molecule has 1 aromatic rings. The zero-order chi connectivity index (χ0) is 12.5. The molecule has 0 saturated carbocycles. The van der Waals surface area contributed by atoms with Crippen molar-refractivity contribution in [1.82, 2.24) is 0 Å². The van der Waals surface area contributed by atoms with E-state index >= 15 is 0 Å². The molecule has 0 bridgehead atoms. The van der Waals surface area contributed by atoms with Gasteiger partial charge < -0.3 is 11.1 Å². The summed E-state index contributed by atoms with van der Waals surface area (Å²) in [5.41, 5.74) is 9.48. The van der Waals surface area contributed by atoms with Crippen LogP contribution in [-0.2, 0) is 17.6 Å². The van der Waals surface area contributed by atoms with E-state index in [1.807, 2.05) is 18.2 Å². The molecule has 1 aromatic carbocycles. The second-order valence-corrected chi connectivity index (χ2v) is 5.22. The van der Waals surface area contributed by atoms with Gasteiger partial charge >= 0.3 is 0 Å². The summed E-state index contributed by atoms with van der Waals surface area (Å²) >= 11 is 0. The van der Waals surface area contributed by atoms with Crippen LogP contribution in [0.25, 0.3) is 0 Å². The number of nitrogens with two attached hydrogens (primary N) is 1. The molecule has 0 aliphatic heterocycles. The molecule has 2 atom stereocenters. The molecule has 3 rings (SSSR count). The summed E-state index contributed by atoms with van der Waals surface area (Å²) in [7, 11) is 0.